The molecule has 0 spiro atoms. The maximum Gasteiger partial charge on any atom is 0.336 e. The summed E-state index contributed by atoms with van der Waals surface area (Å²) >= 11 is 0. The summed E-state index contributed by atoms with van der Waals surface area (Å²) in [6, 6.07) is 19.4. The van der Waals surface area contributed by atoms with Crippen LogP contribution in [0.25, 0.3) is 10.8 Å². The van der Waals surface area contributed by atoms with Gasteiger partial charge in [-0.2, -0.15) is 0 Å². The Hall–Kier alpha value is -2.94. The van der Waals surface area contributed by atoms with Crippen LogP contribution in [0.5, 0.6) is 0 Å². The van der Waals surface area contributed by atoms with Gasteiger partial charge in [0.05, 0.1) is 5.56 Å². The zero-order valence-corrected chi connectivity index (χ0v) is 11.1. The molecule has 0 unspecified atom stereocenters. The van der Waals surface area contributed by atoms with Crippen LogP contribution in [0.1, 0.15) is 26.3 Å². The minimum atomic E-state index is -1.10. The first-order chi connectivity index (χ1) is 10.2. The number of benzene rings is 3. The van der Waals surface area contributed by atoms with Crippen molar-refractivity contribution in [3.63, 3.8) is 0 Å². The molecule has 0 aliphatic heterocycles. The highest BCUT2D eigenvalue weighted by Crippen LogP contribution is 2.20. The smallest absolute Gasteiger partial charge is 0.336 e. The van der Waals surface area contributed by atoms with Crippen LogP contribution < -0.4 is 0 Å². The Morgan fingerprint density at radius 1 is 0.714 bits per heavy atom. The number of carbonyl (C=O) groups is 2. The first-order valence-electron chi connectivity index (χ1n) is 6.52. The fourth-order valence-electron chi connectivity index (χ4n) is 2.35. The van der Waals surface area contributed by atoms with E-state index in [2.05, 4.69) is 0 Å². The average molecular weight is 276 g/mol. The number of ketones is 1. The van der Waals surface area contributed by atoms with Crippen LogP contribution in [0.3, 0.4) is 0 Å². The number of aromatic carboxylic acids is 1. The number of carboxylic acids is 1. The van der Waals surface area contributed by atoms with Gasteiger partial charge in [0.2, 0.25) is 0 Å². The lowest BCUT2D eigenvalue weighted by Gasteiger charge is -2.06. The van der Waals surface area contributed by atoms with Crippen LogP contribution in [-0.2, 0) is 0 Å². The summed E-state index contributed by atoms with van der Waals surface area (Å²) in [4.78, 5) is 23.8. The number of hydrogen-bond acceptors (Lipinski definition) is 2. The number of fused-ring (bicyclic) bond motifs is 1. The SMILES string of the molecule is O=C(O)c1ccccc1C(=O)c1ccc2ccccc2c1. The lowest BCUT2D eigenvalue weighted by atomic mass is 9.96. The molecule has 1 N–H and O–H groups in total. The van der Waals surface area contributed by atoms with Crippen molar-refractivity contribution in [2.24, 2.45) is 0 Å². The van der Waals surface area contributed by atoms with Gasteiger partial charge in [-0.3, -0.25) is 4.79 Å². The second-order valence-corrected chi connectivity index (χ2v) is 4.74. The van der Waals surface area contributed by atoms with Crippen LogP contribution in [-0.4, -0.2) is 16.9 Å². The molecule has 0 amide bonds. The molecule has 0 aliphatic carbocycles. The van der Waals surface area contributed by atoms with Gasteiger partial charge in [0.25, 0.3) is 0 Å². The van der Waals surface area contributed by atoms with Crippen LogP contribution in [0, 0.1) is 0 Å². The summed E-state index contributed by atoms with van der Waals surface area (Å²) in [5.41, 5.74) is 0.721. The third-order valence-electron chi connectivity index (χ3n) is 3.41. The van der Waals surface area contributed by atoms with Gasteiger partial charge in [0, 0.05) is 11.1 Å². The van der Waals surface area contributed by atoms with Gasteiger partial charge in [-0.1, -0.05) is 54.6 Å². The standard InChI is InChI=1S/C18H12O3/c19-17(15-7-3-4-8-16(15)18(20)21)14-10-9-12-5-1-2-6-13(12)11-14/h1-11H,(H,20,21). The van der Waals surface area contributed by atoms with E-state index in [1.165, 1.54) is 6.07 Å². The minimum absolute atomic E-state index is 0.0238. The monoisotopic (exact) mass is 276 g/mol. The fourth-order valence-corrected chi connectivity index (χ4v) is 2.35. The van der Waals surface area contributed by atoms with E-state index >= 15 is 0 Å². The molecule has 0 atom stereocenters. The molecule has 0 saturated heterocycles. The first kappa shape index (κ1) is 13.1. The molecular formula is C18H12O3. The summed E-state index contributed by atoms with van der Waals surface area (Å²) in [7, 11) is 0. The van der Waals surface area contributed by atoms with Gasteiger partial charge in [-0.25, -0.2) is 4.79 Å². The van der Waals surface area contributed by atoms with E-state index in [1.807, 2.05) is 30.3 Å². The van der Waals surface area contributed by atoms with Gasteiger partial charge in [0.15, 0.2) is 5.78 Å². The van der Waals surface area contributed by atoms with Gasteiger partial charge < -0.3 is 5.11 Å². The van der Waals surface area contributed by atoms with Crippen molar-refractivity contribution in [1.82, 2.24) is 0 Å². The third-order valence-corrected chi connectivity index (χ3v) is 3.41. The normalized spacial score (nSPS) is 10.5. The van der Waals surface area contributed by atoms with Gasteiger partial charge in [-0.15, -0.1) is 0 Å². The van der Waals surface area contributed by atoms with E-state index in [0.717, 1.165) is 10.8 Å². The number of rotatable bonds is 3. The zero-order valence-electron chi connectivity index (χ0n) is 11.1. The van der Waals surface area contributed by atoms with Crippen LogP contribution in [0.4, 0.5) is 0 Å². The molecule has 0 aliphatic rings. The highest BCUT2D eigenvalue weighted by Gasteiger charge is 2.17. The van der Waals surface area contributed by atoms with Crippen molar-refractivity contribution in [1.29, 1.82) is 0 Å². The molecule has 0 heterocycles. The molecule has 3 rings (SSSR count). The van der Waals surface area contributed by atoms with Crippen LogP contribution >= 0.6 is 0 Å². The van der Waals surface area contributed by atoms with Crippen molar-refractivity contribution in [2.45, 2.75) is 0 Å². The van der Waals surface area contributed by atoms with Crippen molar-refractivity contribution in [3.8, 4) is 0 Å². The van der Waals surface area contributed by atoms with E-state index in [9.17, 15) is 14.7 Å². The Morgan fingerprint density at radius 3 is 2.05 bits per heavy atom. The van der Waals surface area contributed by atoms with Gasteiger partial charge in [0.1, 0.15) is 0 Å². The van der Waals surface area contributed by atoms with Crippen molar-refractivity contribution in [2.75, 3.05) is 0 Å². The molecule has 3 nitrogen and oxygen atoms in total. The van der Waals surface area contributed by atoms with Crippen molar-refractivity contribution >= 4 is 22.5 Å². The van der Waals surface area contributed by atoms with E-state index in [-0.39, 0.29) is 16.9 Å². The molecule has 102 valence electrons. The molecule has 0 saturated carbocycles. The molecule has 3 aromatic rings. The first-order valence-corrected chi connectivity index (χ1v) is 6.52. The Bertz CT molecular complexity index is 850. The fraction of sp³-hybridized carbons (Fsp3) is 0. The second-order valence-electron chi connectivity index (χ2n) is 4.74. The van der Waals surface area contributed by atoms with Gasteiger partial charge >= 0.3 is 5.97 Å². The second kappa shape index (κ2) is 5.21. The summed E-state index contributed by atoms with van der Waals surface area (Å²) in [5, 5.41) is 11.2. The number of carboxylic acid groups (broad SMARTS) is 1. The largest absolute Gasteiger partial charge is 0.478 e. The molecule has 3 aromatic carbocycles. The Kier molecular flexibility index (Phi) is 3.24. The predicted molar refractivity (Wildman–Crippen MR) is 80.8 cm³/mol. The van der Waals surface area contributed by atoms with Gasteiger partial charge in [-0.05, 0) is 22.9 Å². The van der Waals surface area contributed by atoms with E-state index in [0.29, 0.717) is 5.56 Å². The Labute approximate surface area is 121 Å². The van der Waals surface area contributed by atoms with Crippen molar-refractivity contribution in [3.05, 3.63) is 83.4 Å². The molecule has 0 fully saturated rings. The van der Waals surface area contributed by atoms with E-state index in [1.54, 1.807) is 30.3 Å². The highest BCUT2D eigenvalue weighted by atomic mass is 16.4. The van der Waals surface area contributed by atoms with Crippen molar-refractivity contribution < 1.29 is 14.7 Å². The molecule has 0 radical (unpaired) electrons. The van der Waals surface area contributed by atoms with Crippen LogP contribution in [0.2, 0.25) is 0 Å². The lowest BCUT2D eigenvalue weighted by Crippen LogP contribution is -2.09. The molecular weight excluding hydrogens is 264 g/mol. The molecule has 21 heavy (non-hydrogen) atoms. The predicted octanol–water partition coefficient (Wildman–Crippen LogP) is 3.77. The lowest BCUT2D eigenvalue weighted by molar-refractivity contribution is 0.0693. The van der Waals surface area contributed by atoms with E-state index < -0.39 is 5.97 Å². The summed E-state index contributed by atoms with van der Waals surface area (Å²) in [6.07, 6.45) is 0. The molecule has 0 bridgehead atoms. The quantitative estimate of drug-likeness (QED) is 0.741. The minimum Gasteiger partial charge on any atom is -0.478 e. The number of hydrogen-bond donors (Lipinski definition) is 1. The molecule has 3 heteroatoms. The maximum atomic E-state index is 12.6. The Balaban J connectivity index is 2.10. The average Bonchev–Trinajstić information content (AvgIpc) is 2.53. The number of carbonyl (C=O) groups excluding carboxylic acids is 1. The summed E-state index contributed by atoms with van der Waals surface area (Å²) < 4.78 is 0. The van der Waals surface area contributed by atoms with E-state index in [4.69, 9.17) is 0 Å². The molecule has 0 aromatic heterocycles. The van der Waals surface area contributed by atoms with Crippen LogP contribution in [0.15, 0.2) is 66.7 Å². The summed E-state index contributed by atoms with van der Waals surface area (Å²) in [5.74, 6) is -1.38. The highest BCUT2D eigenvalue weighted by molar-refractivity contribution is 6.15. The summed E-state index contributed by atoms with van der Waals surface area (Å²) in [6.45, 7) is 0. The maximum absolute atomic E-state index is 12.6. The third kappa shape index (κ3) is 2.41. The topological polar surface area (TPSA) is 54.4 Å². The zero-order chi connectivity index (χ0) is 14.8. The Morgan fingerprint density at radius 2 is 1.33 bits per heavy atom.